The van der Waals surface area contributed by atoms with Crippen molar-refractivity contribution in [2.24, 2.45) is 0 Å². The summed E-state index contributed by atoms with van der Waals surface area (Å²) in [4.78, 5) is 11.4. The van der Waals surface area contributed by atoms with Crippen molar-refractivity contribution in [3.05, 3.63) is 29.8 Å². The van der Waals surface area contributed by atoms with Crippen molar-refractivity contribution in [3.8, 4) is 0 Å². The molecule has 14 heavy (non-hydrogen) atoms. The Bertz CT molecular complexity index is 310. The smallest absolute Gasteiger partial charge is 0.343 e. The number of alkyl halides is 1. The number of aliphatic carboxylic acids is 1. The molecule has 0 amide bonds. The van der Waals surface area contributed by atoms with E-state index in [1.165, 1.54) is 12.1 Å². The first kappa shape index (κ1) is 11.0. The quantitative estimate of drug-likeness (QED) is 0.783. The van der Waals surface area contributed by atoms with Crippen molar-refractivity contribution in [1.82, 2.24) is 0 Å². The first-order valence-electron chi connectivity index (χ1n) is 4.24. The lowest BCUT2D eigenvalue weighted by Crippen LogP contribution is -2.05. The third-order valence-electron chi connectivity index (χ3n) is 1.70. The summed E-state index contributed by atoms with van der Waals surface area (Å²) in [5, 5.41) is 8.43. The van der Waals surface area contributed by atoms with Crippen LogP contribution in [0.5, 0.6) is 0 Å². The summed E-state index contributed by atoms with van der Waals surface area (Å²) >= 11 is 1.63. The van der Waals surface area contributed by atoms with Gasteiger partial charge in [0.2, 0.25) is 6.17 Å². The van der Waals surface area contributed by atoms with Crippen LogP contribution in [0.4, 0.5) is 4.39 Å². The predicted octanol–water partition coefficient (Wildman–Crippen LogP) is 2.89. The normalized spacial score (nSPS) is 12.4. The van der Waals surface area contributed by atoms with Crippen LogP contribution in [-0.2, 0) is 4.79 Å². The highest BCUT2D eigenvalue weighted by molar-refractivity contribution is 7.99. The Morgan fingerprint density at radius 2 is 2.07 bits per heavy atom. The van der Waals surface area contributed by atoms with Crippen LogP contribution >= 0.6 is 11.8 Å². The van der Waals surface area contributed by atoms with E-state index in [4.69, 9.17) is 5.11 Å². The standard InChI is InChI=1S/C10H11FO2S/c1-2-14-8-5-3-7(4-6-8)9(11)10(12)13/h3-6,9H,2H2,1H3,(H,12,13). The third-order valence-corrected chi connectivity index (χ3v) is 2.59. The molecule has 2 nitrogen and oxygen atoms in total. The lowest BCUT2D eigenvalue weighted by molar-refractivity contribution is -0.143. The van der Waals surface area contributed by atoms with Crippen molar-refractivity contribution in [3.63, 3.8) is 0 Å². The molecule has 0 saturated carbocycles. The van der Waals surface area contributed by atoms with Crippen molar-refractivity contribution in [2.45, 2.75) is 18.0 Å². The Balaban J connectivity index is 2.77. The Morgan fingerprint density at radius 3 is 2.50 bits per heavy atom. The van der Waals surface area contributed by atoms with Gasteiger partial charge in [0.25, 0.3) is 0 Å². The van der Waals surface area contributed by atoms with E-state index in [2.05, 4.69) is 0 Å². The monoisotopic (exact) mass is 214 g/mol. The van der Waals surface area contributed by atoms with Crippen LogP contribution in [0.25, 0.3) is 0 Å². The van der Waals surface area contributed by atoms with Gasteiger partial charge >= 0.3 is 5.97 Å². The van der Waals surface area contributed by atoms with Crippen LogP contribution in [0.1, 0.15) is 18.7 Å². The minimum Gasteiger partial charge on any atom is -0.479 e. The van der Waals surface area contributed by atoms with Gasteiger partial charge in [-0.1, -0.05) is 19.1 Å². The molecule has 1 unspecified atom stereocenters. The van der Waals surface area contributed by atoms with Crippen LogP contribution < -0.4 is 0 Å². The second-order valence-electron chi connectivity index (χ2n) is 2.70. The van der Waals surface area contributed by atoms with Gasteiger partial charge in [-0.05, 0) is 23.4 Å². The zero-order chi connectivity index (χ0) is 10.6. The molecule has 1 rings (SSSR count). The molecule has 0 spiro atoms. The maximum atomic E-state index is 13.0. The van der Waals surface area contributed by atoms with Gasteiger partial charge in [-0.2, -0.15) is 0 Å². The fourth-order valence-electron chi connectivity index (χ4n) is 1.04. The summed E-state index contributed by atoms with van der Waals surface area (Å²) in [5.74, 6) is -0.502. The van der Waals surface area contributed by atoms with Gasteiger partial charge in [0.1, 0.15) is 0 Å². The van der Waals surface area contributed by atoms with E-state index in [-0.39, 0.29) is 5.56 Å². The highest BCUT2D eigenvalue weighted by Gasteiger charge is 2.17. The molecule has 0 aliphatic carbocycles. The van der Waals surface area contributed by atoms with Gasteiger partial charge in [-0.3, -0.25) is 0 Å². The number of carboxylic acids is 1. The van der Waals surface area contributed by atoms with Crippen molar-refractivity contribution >= 4 is 17.7 Å². The number of thioether (sulfide) groups is 1. The van der Waals surface area contributed by atoms with Gasteiger partial charge in [0.05, 0.1) is 0 Å². The summed E-state index contributed by atoms with van der Waals surface area (Å²) < 4.78 is 13.0. The Morgan fingerprint density at radius 1 is 1.50 bits per heavy atom. The van der Waals surface area contributed by atoms with E-state index in [0.717, 1.165) is 10.6 Å². The fourth-order valence-corrected chi connectivity index (χ4v) is 1.70. The van der Waals surface area contributed by atoms with Crippen LogP contribution in [0.3, 0.4) is 0 Å². The zero-order valence-corrected chi connectivity index (χ0v) is 8.55. The molecular formula is C10H11FO2S. The highest BCUT2D eigenvalue weighted by Crippen LogP contribution is 2.22. The van der Waals surface area contributed by atoms with E-state index in [1.807, 2.05) is 6.92 Å². The molecule has 0 aromatic heterocycles. The molecule has 0 heterocycles. The first-order chi connectivity index (χ1) is 6.65. The number of rotatable bonds is 4. The first-order valence-corrected chi connectivity index (χ1v) is 5.23. The van der Waals surface area contributed by atoms with E-state index >= 15 is 0 Å². The number of halogens is 1. The highest BCUT2D eigenvalue weighted by atomic mass is 32.2. The largest absolute Gasteiger partial charge is 0.479 e. The number of carboxylic acid groups (broad SMARTS) is 1. The maximum absolute atomic E-state index is 13.0. The van der Waals surface area contributed by atoms with E-state index in [1.54, 1.807) is 23.9 Å². The second kappa shape index (κ2) is 5.00. The molecule has 4 heteroatoms. The zero-order valence-electron chi connectivity index (χ0n) is 7.74. The van der Waals surface area contributed by atoms with Crippen LogP contribution in [-0.4, -0.2) is 16.8 Å². The lowest BCUT2D eigenvalue weighted by atomic mass is 10.1. The third kappa shape index (κ3) is 2.73. The summed E-state index contributed by atoms with van der Waals surface area (Å²) in [6.07, 6.45) is -1.92. The van der Waals surface area contributed by atoms with Crippen LogP contribution in [0.15, 0.2) is 29.2 Å². The molecule has 0 aliphatic heterocycles. The van der Waals surface area contributed by atoms with Crippen LogP contribution in [0, 0.1) is 0 Å². The number of hydrogen-bond acceptors (Lipinski definition) is 2. The average molecular weight is 214 g/mol. The van der Waals surface area contributed by atoms with Gasteiger partial charge < -0.3 is 5.11 Å². The number of carbonyl (C=O) groups is 1. The van der Waals surface area contributed by atoms with Gasteiger partial charge in [0.15, 0.2) is 0 Å². The van der Waals surface area contributed by atoms with E-state index in [0.29, 0.717) is 0 Å². The molecule has 1 aromatic rings. The fraction of sp³-hybridized carbons (Fsp3) is 0.300. The molecule has 0 fully saturated rings. The van der Waals surface area contributed by atoms with Gasteiger partial charge in [-0.15, -0.1) is 11.8 Å². The maximum Gasteiger partial charge on any atom is 0.343 e. The second-order valence-corrected chi connectivity index (χ2v) is 4.04. The summed E-state index contributed by atoms with van der Waals surface area (Å²) in [7, 11) is 0. The molecule has 0 radical (unpaired) electrons. The summed E-state index contributed by atoms with van der Waals surface area (Å²) in [6.45, 7) is 2.02. The van der Waals surface area contributed by atoms with Crippen LogP contribution in [0.2, 0.25) is 0 Å². The Hall–Kier alpha value is -1.03. The molecular weight excluding hydrogens is 203 g/mol. The van der Waals surface area contributed by atoms with Crippen molar-refractivity contribution in [2.75, 3.05) is 5.75 Å². The molecule has 0 saturated heterocycles. The summed E-state index contributed by atoms with van der Waals surface area (Å²) in [6, 6.07) is 6.49. The molecule has 1 N–H and O–H groups in total. The molecule has 0 bridgehead atoms. The van der Waals surface area contributed by atoms with E-state index < -0.39 is 12.1 Å². The van der Waals surface area contributed by atoms with Gasteiger partial charge in [-0.25, -0.2) is 9.18 Å². The molecule has 1 atom stereocenters. The molecule has 76 valence electrons. The van der Waals surface area contributed by atoms with E-state index in [9.17, 15) is 9.18 Å². The minimum absolute atomic E-state index is 0.193. The average Bonchev–Trinajstić information content (AvgIpc) is 2.18. The topological polar surface area (TPSA) is 37.3 Å². The minimum atomic E-state index is -1.92. The predicted molar refractivity (Wildman–Crippen MR) is 54.3 cm³/mol. The summed E-state index contributed by atoms with van der Waals surface area (Å²) in [5.41, 5.74) is 0.193. The number of benzene rings is 1. The Labute approximate surface area is 86.1 Å². The van der Waals surface area contributed by atoms with Crippen molar-refractivity contribution < 1.29 is 14.3 Å². The molecule has 0 aliphatic rings. The Kier molecular flexibility index (Phi) is 3.95. The van der Waals surface area contributed by atoms with Gasteiger partial charge in [0, 0.05) is 4.90 Å². The van der Waals surface area contributed by atoms with Crippen molar-refractivity contribution in [1.29, 1.82) is 0 Å². The number of hydrogen-bond donors (Lipinski definition) is 1. The SMILES string of the molecule is CCSc1ccc(C(F)C(=O)O)cc1. The molecule has 1 aromatic carbocycles. The lowest BCUT2D eigenvalue weighted by Gasteiger charge is -2.04.